The van der Waals surface area contributed by atoms with Crippen LogP contribution in [0.5, 0.6) is 5.75 Å². The molecule has 5 nitrogen and oxygen atoms in total. The molecule has 0 aliphatic rings. The first-order valence-corrected chi connectivity index (χ1v) is 7.02. The third-order valence-corrected chi connectivity index (χ3v) is 3.26. The van der Waals surface area contributed by atoms with Crippen molar-refractivity contribution in [1.82, 2.24) is 0 Å². The molecular formula is C11H17NO4S. The van der Waals surface area contributed by atoms with Crippen LogP contribution in [-0.4, -0.2) is 41.0 Å². The van der Waals surface area contributed by atoms with Gasteiger partial charge in [-0.2, -0.15) is 0 Å². The van der Waals surface area contributed by atoms with Gasteiger partial charge in [0.05, 0.1) is 11.5 Å². The highest BCUT2D eigenvalue weighted by Crippen LogP contribution is 2.18. The standard InChI is InChI=1S/C11H17NO4S/c1-15-8-10(7-12)16-9-4-3-5-11(6-9)17(2,13)14/h3-6,10H,7-8,12H2,1-2H3. The minimum atomic E-state index is -3.22. The van der Waals surface area contributed by atoms with Gasteiger partial charge in [-0.3, -0.25) is 0 Å². The minimum Gasteiger partial charge on any atom is -0.487 e. The number of hydrogen-bond acceptors (Lipinski definition) is 5. The topological polar surface area (TPSA) is 78.6 Å². The van der Waals surface area contributed by atoms with E-state index in [-0.39, 0.29) is 11.0 Å². The summed E-state index contributed by atoms with van der Waals surface area (Å²) in [6, 6.07) is 6.32. The summed E-state index contributed by atoms with van der Waals surface area (Å²) in [6.07, 6.45) is 0.872. The maximum Gasteiger partial charge on any atom is 0.175 e. The number of ether oxygens (including phenoxy) is 2. The fourth-order valence-corrected chi connectivity index (χ4v) is 1.96. The molecule has 0 saturated carbocycles. The smallest absolute Gasteiger partial charge is 0.175 e. The number of sulfone groups is 1. The molecule has 0 spiro atoms. The zero-order valence-corrected chi connectivity index (χ0v) is 10.7. The van der Waals surface area contributed by atoms with Crippen LogP contribution in [0.4, 0.5) is 0 Å². The van der Waals surface area contributed by atoms with Crippen LogP contribution in [0.2, 0.25) is 0 Å². The molecule has 0 fully saturated rings. The summed E-state index contributed by atoms with van der Waals surface area (Å²) in [7, 11) is -1.67. The lowest BCUT2D eigenvalue weighted by Gasteiger charge is -2.16. The number of benzene rings is 1. The first-order valence-electron chi connectivity index (χ1n) is 5.13. The van der Waals surface area contributed by atoms with Gasteiger partial charge in [-0.15, -0.1) is 0 Å². The molecule has 0 radical (unpaired) electrons. The Hall–Kier alpha value is -1.11. The molecule has 0 bridgehead atoms. The summed E-state index contributed by atoms with van der Waals surface area (Å²) in [6.45, 7) is 0.663. The van der Waals surface area contributed by atoms with Gasteiger partial charge in [0.1, 0.15) is 11.9 Å². The molecular weight excluding hydrogens is 242 g/mol. The Morgan fingerprint density at radius 3 is 2.65 bits per heavy atom. The number of rotatable bonds is 6. The van der Waals surface area contributed by atoms with Crippen LogP contribution in [-0.2, 0) is 14.6 Å². The summed E-state index contributed by atoms with van der Waals surface area (Å²) in [4.78, 5) is 0.225. The molecule has 96 valence electrons. The predicted molar refractivity (Wildman–Crippen MR) is 64.9 cm³/mol. The maximum atomic E-state index is 11.4. The van der Waals surface area contributed by atoms with Gasteiger partial charge < -0.3 is 15.2 Å². The van der Waals surface area contributed by atoms with Crippen LogP contribution in [0.15, 0.2) is 29.2 Å². The molecule has 17 heavy (non-hydrogen) atoms. The maximum absolute atomic E-state index is 11.4. The largest absolute Gasteiger partial charge is 0.487 e. The van der Waals surface area contributed by atoms with E-state index in [9.17, 15) is 8.42 Å². The highest BCUT2D eigenvalue weighted by Gasteiger charge is 2.11. The average molecular weight is 259 g/mol. The van der Waals surface area contributed by atoms with Crippen molar-refractivity contribution in [2.75, 3.05) is 26.5 Å². The molecule has 1 atom stereocenters. The lowest BCUT2D eigenvalue weighted by Crippen LogP contribution is -2.31. The van der Waals surface area contributed by atoms with Gasteiger partial charge in [-0.05, 0) is 18.2 Å². The average Bonchev–Trinajstić information content (AvgIpc) is 2.28. The number of hydrogen-bond donors (Lipinski definition) is 1. The van der Waals surface area contributed by atoms with E-state index in [1.807, 2.05) is 0 Å². The highest BCUT2D eigenvalue weighted by atomic mass is 32.2. The molecule has 1 unspecified atom stereocenters. The van der Waals surface area contributed by atoms with Gasteiger partial charge in [-0.25, -0.2) is 8.42 Å². The zero-order chi connectivity index (χ0) is 12.9. The number of methoxy groups -OCH3 is 1. The van der Waals surface area contributed by atoms with Crippen LogP contribution in [0.3, 0.4) is 0 Å². The van der Waals surface area contributed by atoms with Crippen molar-refractivity contribution < 1.29 is 17.9 Å². The molecule has 1 aromatic carbocycles. The van der Waals surface area contributed by atoms with Crippen molar-refractivity contribution in [2.45, 2.75) is 11.0 Å². The molecule has 0 amide bonds. The molecule has 0 heterocycles. The lowest BCUT2D eigenvalue weighted by molar-refractivity contribution is 0.0859. The second-order valence-electron chi connectivity index (χ2n) is 3.68. The lowest BCUT2D eigenvalue weighted by atomic mass is 10.3. The van der Waals surface area contributed by atoms with Crippen molar-refractivity contribution >= 4 is 9.84 Å². The van der Waals surface area contributed by atoms with Gasteiger partial charge in [0, 0.05) is 19.9 Å². The van der Waals surface area contributed by atoms with E-state index in [2.05, 4.69) is 0 Å². The van der Waals surface area contributed by atoms with Gasteiger partial charge in [0.25, 0.3) is 0 Å². The molecule has 1 rings (SSSR count). The predicted octanol–water partition coefficient (Wildman–Crippen LogP) is 0.443. The summed E-state index contributed by atoms with van der Waals surface area (Å²) < 4.78 is 33.2. The number of nitrogens with two attached hydrogens (primary N) is 1. The molecule has 2 N–H and O–H groups in total. The molecule has 0 aromatic heterocycles. The monoisotopic (exact) mass is 259 g/mol. The fraction of sp³-hybridized carbons (Fsp3) is 0.455. The second kappa shape index (κ2) is 6.00. The Morgan fingerprint density at radius 2 is 2.12 bits per heavy atom. The van der Waals surface area contributed by atoms with E-state index < -0.39 is 9.84 Å². The van der Waals surface area contributed by atoms with Crippen molar-refractivity contribution in [2.24, 2.45) is 5.73 Å². The van der Waals surface area contributed by atoms with Crippen LogP contribution in [0.1, 0.15) is 0 Å². The SMILES string of the molecule is COCC(CN)Oc1cccc(S(C)(=O)=O)c1. The highest BCUT2D eigenvalue weighted by molar-refractivity contribution is 7.90. The van der Waals surface area contributed by atoms with Crippen molar-refractivity contribution in [1.29, 1.82) is 0 Å². The summed E-state index contributed by atoms with van der Waals surface area (Å²) in [5, 5.41) is 0. The molecule has 0 saturated heterocycles. The van der Waals surface area contributed by atoms with Crippen molar-refractivity contribution in [3.05, 3.63) is 24.3 Å². The Bertz CT molecular complexity index is 458. The van der Waals surface area contributed by atoms with Crippen LogP contribution in [0, 0.1) is 0 Å². The molecule has 0 aliphatic carbocycles. The quantitative estimate of drug-likeness (QED) is 0.802. The normalized spacial score (nSPS) is 13.4. The molecule has 1 aromatic rings. The first-order chi connectivity index (χ1) is 7.97. The summed E-state index contributed by atoms with van der Waals surface area (Å²) in [5.41, 5.74) is 5.51. The van der Waals surface area contributed by atoms with E-state index in [0.29, 0.717) is 18.9 Å². The van der Waals surface area contributed by atoms with Gasteiger partial charge >= 0.3 is 0 Å². The Kier molecular flexibility index (Phi) is 4.92. The van der Waals surface area contributed by atoms with Crippen molar-refractivity contribution in [3.8, 4) is 5.75 Å². The van der Waals surface area contributed by atoms with Gasteiger partial charge in [0.2, 0.25) is 0 Å². The van der Waals surface area contributed by atoms with E-state index in [4.69, 9.17) is 15.2 Å². The van der Waals surface area contributed by atoms with E-state index in [1.54, 1.807) is 19.2 Å². The Balaban J connectivity index is 2.85. The molecule has 6 heteroatoms. The van der Waals surface area contributed by atoms with Crippen molar-refractivity contribution in [3.63, 3.8) is 0 Å². The first kappa shape index (κ1) is 14.0. The third-order valence-electron chi connectivity index (χ3n) is 2.15. The van der Waals surface area contributed by atoms with Gasteiger partial charge in [0.15, 0.2) is 9.84 Å². The summed E-state index contributed by atoms with van der Waals surface area (Å²) in [5.74, 6) is 0.473. The minimum absolute atomic E-state index is 0.225. The third kappa shape index (κ3) is 4.33. The van der Waals surface area contributed by atoms with Crippen LogP contribution >= 0.6 is 0 Å². The second-order valence-corrected chi connectivity index (χ2v) is 5.69. The van der Waals surface area contributed by atoms with E-state index in [0.717, 1.165) is 6.26 Å². The van der Waals surface area contributed by atoms with Crippen LogP contribution in [0.25, 0.3) is 0 Å². The Morgan fingerprint density at radius 1 is 1.41 bits per heavy atom. The molecule has 0 aliphatic heterocycles. The van der Waals surface area contributed by atoms with Crippen LogP contribution < -0.4 is 10.5 Å². The van der Waals surface area contributed by atoms with E-state index >= 15 is 0 Å². The van der Waals surface area contributed by atoms with E-state index in [1.165, 1.54) is 12.1 Å². The fourth-order valence-electron chi connectivity index (χ4n) is 1.31. The Labute approximate surface area is 101 Å². The zero-order valence-electron chi connectivity index (χ0n) is 9.92. The summed E-state index contributed by atoms with van der Waals surface area (Å²) >= 11 is 0. The van der Waals surface area contributed by atoms with Gasteiger partial charge in [-0.1, -0.05) is 6.07 Å².